The van der Waals surface area contributed by atoms with E-state index in [-0.39, 0.29) is 0 Å². The molecule has 1 atom stereocenters. The molecule has 1 unspecified atom stereocenters. The first-order chi connectivity index (χ1) is 7.63. The summed E-state index contributed by atoms with van der Waals surface area (Å²) in [6.07, 6.45) is 2.17. The Morgan fingerprint density at radius 2 is 2.19 bits per heavy atom. The zero-order valence-corrected chi connectivity index (χ0v) is 11.5. The SMILES string of the molecule is CCCc1nnsc1CNC(C)CN(C)C. The number of nitrogens with zero attached hydrogens (tertiary/aromatic N) is 3. The number of hydrogen-bond acceptors (Lipinski definition) is 5. The van der Waals surface area contributed by atoms with E-state index in [0.717, 1.165) is 31.6 Å². The largest absolute Gasteiger partial charge is 0.308 e. The lowest BCUT2D eigenvalue weighted by Gasteiger charge is -2.17. The van der Waals surface area contributed by atoms with Gasteiger partial charge in [0.05, 0.1) is 10.6 Å². The molecule has 5 heteroatoms. The second kappa shape index (κ2) is 6.93. The highest BCUT2D eigenvalue weighted by Gasteiger charge is 2.08. The lowest BCUT2D eigenvalue weighted by molar-refractivity contribution is 0.349. The first-order valence-electron chi connectivity index (χ1n) is 5.81. The Bertz CT molecular complexity index is 298. The summed E-state index contributed by atoms with van der Waals surface area (Å²) >= 11 is 1.51. The molecule has 0 saturated heterocycles. The van der Waals surface area contributed by atoms with Crippen molar-refractivity contribution in [3.8, 4) is 0 Å². The van der Waals surface area contributed by atoms with Gasteiger partial charge in [0.25, 0.3) is 0 Å². The molecule has 0 amide bonds. The molecule has 0 aromatic carbocycles. The highest BCUT2D eigenvalue weighted by molar-refractivity contribution is 7.05. The van der Waals surface area contributed by atoms with Gasteiger partial charge in [-0.1, -0.05) is 17.8 Å². The van der Waals surface area contributed by atoms with Crippen molar-refractivity contribution >= 4 is 11.5 Å². The van der Waals surface area contributed by atoms with E-state index in [1.54, 1.807) is 0 Å². The van der Waals surface area contributed by atoms with Crippen LogP contribution in [0.25, 0.3) is 0 Å². The van der Waals surface area contributed by atoms with Gasteiger partial charge in [0.1, 0.15) is 0 Å². The van der Waals surface area contributed by atoms with E-state index in [0.29, 0.717) is 6.04 Å². The Morgan fingerprint density at radius 1 is 1.44 bits per heavy atom. The predicted molar refractivity (Wildman–Crippen MR) is 68.8 cm³/mol. The van der Waals surface area contributed by atoms with E-state index in [2.05, 4.69) is 47.7 Å². The van der Waals surface area contributed by atoms with Crippen LogP contribution >= 0.6 is 11.5 Å². The third kappa shape index (κ3) is 4.55. The van der Waals surface area contributed by atoms with E-state index < -0.39 is 0 Å². The van der Waals surface area contributed by atoms with Crippen LogP contribution in [0.1, 0.15) is 30.8 Å². The molecule has 1 N–H and O–H groups in total. The Morgan fingerprint density at radius 3 is 2.81 bits per heavy atom. The Kier molecular flexibility index (Phi) is 5.87. The van der Waals surface area contributed by atoms with Gasteiger partial charge in [-0.05, 0) is 39.0 Å². The first-order valence-corrected chi connectivity index (χ1v) is 6.59. The van der Waals surface area contributed by atoms with Crippen molar-refractivity contribution in [1.29, 1.82) is 0 Å². The molecule has 0 radical (unpaired) electrons. The van der Waals surface area contributed by atoms with E-state index >= 15 is 0 Å². The molecule has 1 heterocycles. The summed E-state index contributed by atoms with van der Waals surface area (Å²) in [5, 5.41) is 7.67. The molecule has 1 rings (SSSR count). The summed E-state index contributed by atoms with van der Waals surface area (Å²) in [5.41, 5.74) is 1.16. The number of likely N-dealkylation sites (N-methyl/N-ethyl adjacent to an activating group) is 1. The van der Waals surface area contributed by atoms with Gasteiger partial charge in [-0.25, -0.2) is 0 Å². The standard InChI is InChI=1S/C11H22N4S/c1-5-6-10-11(16-14-13-10)7-12-9(2)8-15(3)4/h9,12H,5-8H2,1-4H3. The molecule has 92 valence electrons. The van der Waals surface area contributed by atoms with Crippen molar-refractivity contribution in [2.24, 2.45) is 0 Å². The lowest BCUT2D eigenvalue weighted by Crippen LogP contribution is -2.35. The van der Waals surface area contributed by atoms with Crippen LogP contribution in [0, 0.1) is 0 Å². The zero-order chi connectivity index (χ0) is 12.0. The number of aromatic nitrogens is 2. The summed E-state index contributed by atoms with van der Waals surface area (Å²) in [6.45, 7) is 6.32. The van der Waals surface area contributed by atoms with Crippen molar-refractivity contribution < 1.29 is 0 Å². The molecule has 0 bridgehead atoms. The van der Waals surface area contributed by atoms with Gasteiger partial charge in [0.2, 0.25) is 0 Å². The summed E-state index contributed by atoms with van der Waals surface area (Å²) < 4.78 is 4.02. The predicted octanol–water partition coefficient (Wildman–Crippen LogP) is 1.53. The van der Waals surface area contributed by atoms with Crippen LogP contribution in [-0.2, 0) is 13.0 Å². The summed E-state index contributed by atoms with van der Waals surface area (Å²) in [7, 11) is 4.18. The fourth-order valence-electron chi connectivity index (χ4n) is 1.67. The molecular weight excluding hydrogens is 220 g/mol. The maximum atomic E-state index is 4.16. The van der Waals surface area contributed by atoms with Gasteiger partial charge in [-0.15, -0.1) is 5.10 Å². The number of rotatable bonds is 7. The van der Waals surface area contributed by atoms with Crippen LogP contribution in [-0.4, -0.2) is 41.2 Å². The van der Waals surface area contributed by atoms with Gasteiger partial charge in [0, 0.05) is 19.1 Å². The fourth-order valence-corrected chi connectivity index (χ4v) is 2.30. The molecule has 4 nitrogen and oxygen atoms in total. The topological polar surface area (TPSA) is 41.1 Å². The Balaban J connectivity index is 2.38. The van der Waals surface area contributed by atoms with Gasteiger partial charge >= 0.3 is 0 Å². The van der Waals surface area contributed by atoms with Crippen LogP contribution in [0.3, 0.4) is 0 Å². The van der Waals surface area contributed by atoms with Crippen LogP contribution in [0.4, 0.5) is 0 Å². The average Bonchev–Trinajstić information content (AvgIpc) is 2.62. The molecular formula is C11H22N4S. The van der Waals surface area contributed by atoms with E-state index in [4.69, 9.17) is 0 Å². The molecule has 0 aliphatic heterocycles. The van der Waals surface area contributed by atoms with Gasteiger partial charge in [-0.3, -0.25) is 0 Å². The van der Waals surface area contributed by atoms with Crippen LogP contribution in [0.2, 0.25) is 0 Å². The first kappa shape index (κ1) is 13.5. The quantitative estimate of drug-likeness (QED) is 0.787. The monoisotopic (exact) mass is 242 g/mol. The molecule has 0 aliphatic rings. The minimum Gasteiger partial charge on any atom is -0.308 e. The van der Waals surface area contributed by atoms with Crippen molar-refractivity contribution in [3.63, 3.8) is 0 Å². The summed E-state index contributed by atoms with van der Waals surface area (Å²) in [6, 6.07) is 0.492. The normalized spacial score (nSPS) is 13.3. The van der Waals surface area contributed by atoms with Crippen LogP contribution in [0.5, 0.6) is 0 Å². The van der Waals surface area contributed by atoms with E-state index in [1.807, 2.05) is 0 Å². The Hall–Kier alpha value is -0.520. The number of nitrogens with one attached hydrogen (secondary N) is 1. The number of hydrogen-bond donors (Lipinski definition) is 1. The molecule has 0 aliphatic carbocycles. The van der Waals surface area contributed by atoms with Gasteiger partial charge in [-0.2, -0.15) is 0 Å². The molecule has 0 fully saturated rings. The zero-order valence-electron chi connectivity index (χ0n) is 10.7. The second-order valence-electron chi connectivity index (χ2n) is 4.44. The van der Waals surface area contributed by atoms with E-state index in [9.17, 15) is 0 Å². The molecule has 0 spiro atoms. The van der Waals surface area contributed by atoms with Crippen molar-refractivity contribution in [3.05, 3.63) is 10.6 Å². The van der Waals surface area contributed by atoms with Crippen molar-refractivity contribution in [2.75, 3.05) is 20.6 Å². The van der Waals surface area contributed by atoms with Crippen molar-refractivity contribution in [1.82, 2.24) is 19.8 Å². The minimum atomic E-state index is 0.492. The molecule has 1 aromatic heterocycles. The lowest BCUT2D eigenvalue weighted by atomic mass is 10.2. The summed E-state index contributed by atoms with van der Waals surface area (Å²) in [5.74, 6) is 0. The molecule has 16 heavy (non-hydrogen) atoms. The molecule has 1 aromatic rings. The smallest absolute Gasteiger partial charge is 0.0800 e. The highest BCUT2D eigenvalue weighted by Crippen LogP contribution is 2.12. The maximum Gasteiger partial charge on any atom is 0.0800 e. The third-order valence-electron chi connectivity index (χ3n) is 2.37. The van der Waals surface area contributed by atoms with E-state index in [1.165, 1.54) is 16.4 Å². The Labute approximate surface area is 102 Å². The van der Waals surface area contributed by atoms with Gasteiger partial charge in [0.15, 0.2) is 0 Å². The number of aryl methyl sites for hydroxylation is 1. The second-order valence-corrected chi connectivity index (χ2v) is 5.28. The fraction of sp³-hybridized carbons (Fsp3) is 0.818. The molecule has 0 saturated carbocycles. The summed E-state index contributed by atoms with van der Waals surface area (Å²) in [4.78, 5) is 3.47. The maximum absolute atomic E-state index is 4.16. The van der Waals surface area contributed by atoms with Crippen molar-refractivity contribution in [2.45, 2.75) is 39.3 Å². The minimum absolute atomic E-state index is 0.492. The van der Waals surface area contributed by atoms with Crippen LogP contribution < -0.4 is 5.32 Å². The van der Waals surface area contributed by atoms with Gasteiger partial charge < -0.3 is 10.2 Å². The van der Waals surface area contributed by atoms with Crippen LogP contribution in [0.15, 0.2) is 0 Å². The third-order valence-corrected chi connectivity index (χ3v) is 3.13. The average molecular weight is 242 g/mol. The highest BCUT2D eigenvalue weighted by atomic mass is 32.1.